The van der Waals surface area contributed by atoms with E-state index >= 15 is 0 Å². The third-order valence-corrected chi connectivity index (χ3v) is 7.07. The molecule has 0 aliphatic heterocycles. The molecule has 2 aromatic heterocycles. The standard InChI is InChI=1S/C28H30NS.C5H8O2.Ir/c1-18-14-21(16-23(15-18)28(5,6)7)24-13-10-20-17-25(30-26(20)29-24)19-8-11-22(12-9-19)27(2,3)4;1-4(6)3-5(2)7;/h8-13,15-17H,1-7H3;3,6H,1-2H3;/q-1;;/b;4-3-;. The molecular formula is C33H38IrNO2S-. The normalized spacial score (nSPS) is 12.0. The number of carbonyl (C=O) groups excluding carboxylic acids is 1. The van der Waals surface area contributed by atoms with Gasteiger partial charge in [-0.05, 0) is 47.6 Å². The van der Waals surface area contributed by atoms with E-state index in [1.165, 1.54) is 46.9 Å². The predicted molar refractivity (Wildman–Crippen MR) is 159 cm³/mol. The minimum atomic E-state index is -0.125. The second-order valence-corrected chi connectivity index (χ2v) is 12.7. The number of aromatic nitrogens is 1. The molecule has 0 spiro atoms. The number of allylic oxidation sites excluding steroid dienone is 2. The molecule has 4 aromatic rings. The van der Waals surface area contributed by atoms with E-state index < -0.39 is 0 Å². The molecule has 0 bridgehead atoms. The fourth-order valence-electron chi connectivity index (χ4n) is 3.92. The molecule has 1 radical (unpaired) electrons. The number of ketones is 1. The summed E-state index contributed by atoms with van der Waals surface area (Å²) in [7, 11) is 0. The molecule has 203 valence electrons. The van der Waals surface area contributed by atoms with Crippen LogP contribution in [0.3, 0.4) is 0 Å². The average Bonchev–Trinajstić information content (AvgIpc) is 3.20. The summed E-state index contributed by atoms with van der Waals surface area (Å²) < 4.78 is 0. The van der Waals surface area contributed by atoms with Crippen LogP contribution in [0.15, 0.2) is 66.4 Å². The summed E-state index contributed by atoms with van der Waals surface area (Å²) in [6.45, 7) is 18.5. The van der Waals surface area contributed by atoms with Gasteiger partial charge in [0.05, 0.1) is 5.76 Å². The van der Waals surface area contributed by atoms with E-state index in [1.807, 2.05) is 0 Å². The second kappa shape index (κ2) is 12.5. The van der Waals surface area contributed by atoms with Gasteiger partial charge in [0.2, 0.25) is 0 Å². The van der Waals surface area contributed by atoms with Crippen LogP contribution in [0.4, 0.5) is 0 Å². The number of carbonyl (C=O) groups is 1. The van der Waals surface area contributed by atoms with Gasteiger partial charge in [-0.15, -0.1) is 46.2 Å². The maximum Gasteiger partial charge on any atom is 0.155 e. The van der Waals surface area contributed by atoms with Crippen molar-refractivity contribution >= 4 is 27.3 Å². The van der Waals surface area contributed by atoms with E-state index in [4.69, 9.17) is 10.1 Å². The molecule has 0 aliphatic carbocycles. The predicted octanol–water partition coefficient (Wildman–Crippen LogP) is 9.37. The summed E-state index contributed by atoms with van der Waals surface area (Å²) in [5.74, 6) is -0.0625. The number of aryl methyl sites for hydroxylation is 1. The van der Waals surface area contributed by atoms with Gasteiger partial charge in [-0.2, -0.15) is 0 Å². The Labute approximate surface area is 245 Å². The largest absolute Gasteiger partial charge is 0.512 e. The Balaban J connectivity index is 0.000000561. The number of aliphatic hydroxyl groups excluding tert-OH is 1. The zero-order valence-electron chi connectivity index (χ0n) is 23.8. The number of benzene rings is 2. The van der Waals surface area contributed by atoms with Gasteiger partial charge in [0.15, 0.2) is 5.78 Å². The molecule has 4 rings (SSSR count). The summed E-state index contributed by atoms with van der Waals surface area (Å²) in [4.78, 5) is 17.4. The number of rotatable bonds is 3. The fourth-order valence-corrected chi connectivity index (χ4v) is 4.96. The molecule has 2 aromatic carbocycles. The molecule has 3 nitrogen and oxygen atoms in total. The summed E-state index contributed by atoms with van der Waals surface area (Å²) >= 11 is 1.76. The number of aliphatic hydroxyl groups is 1. The van der Waals surface area contributed by atoms with Crippen molar-refractivity contribution < 1.29 is 30.0 Å². The van der Waals surface area contributed by atoms with Crippen molar-refractivity contribution in [1.29, 1.82) is 0 Å². The zero-order chi connectivity index (χ0) is 27.5. The van der Waals surface area contributed by atoms with Crippen LogP contribution in [-0.2, 0) is 35.7 Å². The van der Waals surface area contributed by atoms with Crippen LogP contribution < -0.4 is 0 Å². The van der Waals surface area contributed by atoms with Crippen LogP contribution in [-0.4, -0.2) is 15.9 Å². The van der Waals surface area contributed by atoms with E-state index in [1.54, 1.807) is 11.3 Å². The average molecular weight is 705 g/mol. The molecule has 1 N–H and O–H groups in total. The summed E-state index contributed by atoms with van der Waals surface area (Å²) in [6.07, 6.45) is 1.17. The Kier molecular flexibility index (Phi) is 10.4. The molecule has 0 saturated carbocycles. The minimum absolute atomic E-state index is 0. The van der Waals surface area contributed by atoms with Gasteiger partial charge in [0.25, 0.3) is 0 Å². The topological polar surface area (TPSA) is 50.2 Å². The summed E-state index contributed by atoms with van der Waals surface area (Å²) in [5, 5.41) is 9.56. The molecule has 38 heavy (non-hydrogen) atoms. The zero-order valence-corrected chi connectivity index (χ0v) is 27.0. The number of fused-ring (bicyclic) bond motifs is 1. The van der Waals surface area contributed by atoms with E-state index in [2.05, 4.69) is 109 Å². The maximum atomic E-state index is 10.0. The molecule has 0 aliphatic rings. The van der Waals surface area contributed by atoms with E-state index in [-0.39, 0.29) is 42.5 Å². The minimum Gasteiger partial charge on any atom is -0.512 e. The molecule has 0 saturated heterocycles. The van der Waals surface area contributed by atoms with Crippen molar-refractivity contribution in [3.8, 4) is 21.7 Å². The summed E-state index contributed by atoms with van der Waals surface area (Å²) in [6, 6.07) is 23.5. The first kappa shape index (κ1) is 31.6. The van der Waals surface area contributed by atoms with Crippen molar-refractivity contribution in [3.05, 3.63) is 89.2 Å². The van der Waals surface area contributed by atoms with Crippen LogP contribution in [0.1, 0.15) is 72.1 Å². The van der Waals surface area contributed by atoms with Crippen molar-refractivity contribution in [2.45, 2.75) is 73.1 Å². The van der Waals surface area contributed by atoms with Gasteiger partial charge in [-0.25, -0.2) is 0 Å². The van der Waals surface area contributed by atoms with Crippen molar-refractivity contribution in [2.75, 3.05) is 0 Å². The smallest absolute Gasteiger partial charge is 0.155 e. The van der Waals surface area contributed by atoms with Crippen molar-refractivity contribution in [2.24, 2.45) is 0 Å². The van der Waals surface area contributed by atoms with Crippen LogP contribution in [0, 0.1) is 13.0 Å². The first-order chi connectivity index (χ1) is 17.1. The first-order valence-electron chi connectivity index (χ1n) is 12.6. The number of nitrogens with zero attached hydrogens (tertiary/aromatic N) is 1. The third-order valence-electron chi connectivity index (χ3n) is 5.98. The van der Waals surface area contributed by atoms with E-state index in [9.17, 15) is 4.79 Å². The Morgan fingerprint density at radius 3 is 2.00 bits per heavy atom. The molecule has 0 amide bonds. The molecule has 5 heteroatoms. The quantitative estimate of drug-likeness (QED) is 0.131. The fraction of sp³-hybridized carbons (Fsp3) is 0.333. The number of pyridine rings is 1. The van der Waals surface area contributed by atoms with Crippen LogP contribution in [0.5, 0.6) is 0 Å². The third kappa shape index (κ3) is 8.46. The van der Waals surface area contributed by atoms with Gasteiger partial charge in [-0.3, -0.25) is 9.78 Å². The first-order valence-corrected chi connectivity index (χ1v) is 13.4. The SMILES string of the molecule is CC(=O)/C=C(/C)O.Cc1[c-]c(-c2ccc3cc(-c4ccc(C(C)(C)C)cc4)sc3n2)cc(C(C)(C)C)c1.[Ir]. The monoisotopic (exact) mass is 705 g/mol. The van der Waals surface area contributed by atoms with E-state index in [0.717, 1.165) is 21.7 Å². The van der Waals surface area contributed by atoms with E-state index in [0.29, 0.717) is 0 Å². The van der Waals surface area contributed by atoms with Gasteiger partial charge in [0.1, 0.15) is 4.83 Å². The van der Waals surface area contributed by atoms with Crippen molar-refractivity contribution in [3.63, 3.8) is 0 Å². The van der Waals surface area contributed by atoms with Crippen LogP contribution in [0.25, 0.3) is 31.9 Å². The summed E-state index contributed by atoms with van der Waals surface area (Å²) in [5.41, 5.74) is 7.44. The molecule has 0 unspecified atom stereocenters. The van der Waals surface area contributed by atoms with Gasteiger partial charge in [0, 0.05) is 36.4 Å². The molecule has 0 atom stereocenters. The number of hydrogen-bond acceptors (Lipinski definition) is 4. The Morgan fingerprint density at radius 2 is 1.50 bits per heavy atom. The molecular weight excluding hydrogens is 667 g/mol. The molecule has 2 heterocycles. The maximum absolute atomic E-state index is 10.0. The van der Waals surface area contributed by atoms with Crippen LogP contribution in [0.2, 0.25) is 0 Å². The number of thiophene rings is 1. The second-order valence-electron chi connectivity index (χ2n) is 11.6. The Bertz CT molecular complexity index is 1430. The molecule has 0 fully saturated rings. The van der Waals surface area contributed by atoms with Crippen LogP contribution >= 0.6 is 11.3 Å². The Hall–Kier alpha value is -2.59. The van der Waals surface area contributed by atoms with Gasteiger partial charge >= 0.3 is 0 Å². The van der Waals surface area contributed by atoms with Gasteiger partial charge in [-0.1, -0.05) is 84.9 Å². The van der Waals surface area contributed by atoms with Crippen molar-refractivity contribution in [1.82, 2.24) is 4.98 Å². The Morgan fingerprint density at radius 1 is 0.895 bits per heavy atom. The van der Waals surface area contributed by atoms with Gasteiger partial charge < -0.3 is 5.11 Å². The number of hydrogen-bond donors (Lipinski definition) is 1.